The van der Waals surface area contributed by atoms with Crippen LogP contribution in [0.1, 0.15) is 26.2 Å². The van der Waals surface area contributed by atoms with Crippen molar-refractivity contribution in [3.05, 3.63) is 27.2 Å². The third kappa shape index (κ3) is 6.28. The van der Waals surface area contributed by atoms with Crippen molar-refractivity contribution in [1.82, 2.24) is 19.5 Å². The number of nitrogens with one attached hydrogen (secondary N) is 2. The summed E-state index contributed by atoms with van der Waals surface area (Å²) in [5, 5.41) is 21.5. The number of ether oxygens (including phenoxy) is 1. The largest absolute Gasteiger partial charge is 0.490 e. The van der Waals surface area contributed by atoms with Crippen LogP contribution in [0, 0.1) is 0 Å². The fourth-order valence-electron chi connectivity index (χ4n) is 3.65. The highest BCUT2D eigenvalue weighted by atomic mass is 31.3. The summed E-state index contributed by atoms with van der Waals surface area (Å²) in [4.78, 5) is 68.2. The molecular formula is C14H23N4O15P3. The molecular weight excluding hydrogens is 557 g/mol. The Morgan fingerprint density at radius 2 is 1.78 bits per heavy atom. The van der Waals surface area contributed by atoms with Crippen LogP contribution >= 0.6 is 23.5 Å². The van der Waals surface area contributed by atoms with E-state index in [0.717, 1.165) is 10.9 Å². The van der Waals surface area contributed by atoms with Crippen LogP contribution in [0.25, 0.3) is 11.2 Å². The number of phosphoric ester groups is 1. The first-order chi connectivity index (χ1) is 16.5. The number of nitrogens with zero attached hydrogens (tertiary/aromatic N) is 2. The molecule has 1 aliphatic heterocycles. The van der Waals surface area contributed by atoms with Crippen LogP contribution in [0.15, 0.2) is 15.9 Å². The predicted molar refractivity (Wildman–Crippen MR) is 115 cm³/mol. The van der Waals surface area contributed by atoms with Gasteiger partial charge in [0.2, 0.25) is 0 Å². The minimum atomic E-state index is -5.77. The lowest BCUT2D eigenvalue weighted by atomic mass is 9.96. The standard InChI is InChI=1S/C14H23N4O15P3/c1-2-3-4-14(18-6-15-8-11(18)16-13(22)17-12(8)21)10(20)9(19)7(31-14)5-30-35(26,27)33-36(28,29)32-34(23,24)25/h6-7,9-10,19-20H,2-5H2,1H3,(H,26,27)(H,28,29)(H2,23,24,25)(H2,16,17,21,22)/t7-,9-,10-,14-/m1/s1. The molecule has 1 saturated heterocycles. The summed E-state index contributed by atoms with van der Waals surface area (Å²) >= 11 is 0. The molecule has 2 aromatic rings. The van der Waals surface area contributed by atoms with Crippen molar-refractivity contribution in [2.75, 3.05) is 6.61 Å². The third-order valence-electron chi connectivity index (χ3n) is 5.08. The van der Waals surface area contributed by atoms with Gasteiger partial charge in [-0.2, -0.15) is 8.62 Å². The van der Waals surface area contributed by atoms with Gasteiger partial charge in [-0.05, 0) is 12.8 Å². The van der Waals surface area contributed by atoms with Crippen LogP contribution in [0.2, 0.25) is 0 Å². The molecule has 2 unspecified atom stereocenters. The van der Waals surface area contributed by atoms with Gasteiger partial charge >= 0.3 is 29.2 Å². The molecule has 0 radical (unpaired) electrons. The van der Waals surface area contributed by atoms with Gasteiger partial charge in [-0.15, -0.1) is 0 Å². The molecule has 36 heavy (non-hydrogen) atoms. The lowest BCUT2D eigenvalue weighted by Gasteiger charge is -2.34. The van der Waals surface area contributed by atoms with Crippen LogP contribution in [-0.2, 0) is 37.3 Å². The highest BCUT2D eigenvalue weighted by molar-refractivity contribution is 7.66. The number of aromatic nitrogens is 4. The van der Waals surface area contributed by atoms with Crippen molar-refractivity contribution in [2.45, 2.75) is 50.2 Å². The van der Waals surface area contributed by atoms with Gasteiger partial charge in [0.25, 0.3) is 5.56 Å². The second-order valence-electron chi connectivity index (χ2n) is 7.65. The fraction of sp³-hybridized carbons (Fsp3) is 0.643. The molecule has 19 nitrogen and oxygen atoms in total. The average Bonchev–Trinajstić information content (AvgIpc) is 3.23. The number of fused-ring (bicyclic) bond motifs is 1. The van der Waals surface area contributed by atoms with Gasteiger partial charge in [0.1, 0.15) is 24.0 Å². The maximum absolute atomic E-state index is 12.1. The van der Waals surface area contributed by atoms with Crippen LogP contribution in [0.3, 0.4) is 0 Å². The Labute approximate surface area is 200 Å². The van der Waals surface area contributed by atoms with Crippen LogP contribution in [-0.4, -0.2) is 74.2 Å². The highest BCUT2D eigenvalue weighted by Crippen LogP contribution is 2.66. The number of hydrogen-bond donors (Lipinski definition) is 8. The van der Waals surface area contributed by atoms with Crippen LogP contribution in [0.5, 0.6) is 0 Å². The number of unbranched alkanes of at least 4 members (excludes halogenated alkanes) is 1. The van der Waals surface area contributed by atoms with Gasteiger partial charge < -0.3 is 34.5 Å². The highest BCUT2D eigenvalue weighted by Gasteiger charge is 2.56. The van der Waals surface area contributed by atoms with E-state index in [0.29, 0.717) is 12.8 Å². The van der Waals surface area contributed by atoms with Gasteiger partial charge in [0.15, 0.2) is 11.2 Å². The van der Waals surface area contributed by atoms with Crippen molar-refractivity contribution in [1.29, 1.82) is 0 Å². The van der Waals surface area contributed by atoms with Crippen LogP contribution in [0.4, 0.5) is 0 Å². The SMILES string of the molecule is CCCC[C@@]1(n2cnc3c(=O)[nH]c(=O)[nH]c32)O[C@H](COP(=O)(O)OP(=O)(O)OP(=O)(O)O)[C@@H](O)[C@H]1O. The molecule has 6 atom stereocenters. The van der Waals surface area contributed by atoms with E-state index in [1.165, 1.54) is 0 Å². The van der Waals surface area contributed by atoms with E-state index in [1.54, 1.807) is 6.92 Å². The first-order valence-corrected chi connectivity index (χ1v) is 14.5. The summed E-state index contributed by atoms with van der Waals surface area (Å²) in [6, 6.07) is 0. The van der Waals surface area contributed by atoms with E-state index in [2.05, 4.69) is 23.1 Å². The van der Waals surface area contributed by atoms with E-state index >= 15 is 0 Å². The number of H-pyrrole nitrogens is 2. The number of phosphoric acid groups is 3. The van der Waals surface area contributed by atoms with Gasteiger partial charge in [-0.3, -0.25) is 23.9 Å². The van der Waals surface area contributed by atoms with Crippen molar-refractivity contribution in [3.63, 3.8) is 0 Å². The molecule has 3 heterocycles. The van der Waals surface area contributed by atoms with E-state index in [9.17, 15) is 43.3 Å². The molecule has 2 aromatic heterocycles. The fourth-order valence-corrected chi connectivity index (χ4v) is 6.68. The molecule has 8 N–H and O–H groups in total. The number of aliphatic hydroxyl groups is 2. The number of aromatic amines is 2. The molecule has 3 rings (SSSR count). The minimum absolute atomic E-state index is 0.00618. The zero-order valence-corrected chi connectivity index (χ0v) is 20.9. The summed E-state index contributed by atoms with van der Waals surface area (Å²) in [7, 11) is -16.9. The molecule has 0 saturated carbocycles. The van der Waals surface area contributed by atoms with Gasteiger partial charge in [-0.1, -0.05) is 13.3 Å². The van der Waals surface area contributed by atoms with Gasteiger partial charge in [-0.25, -0.2) is 23.5 Å². The van der Waals surface area contributed by atoms with E-state index < -0.39 is 65.4 Å². The smallest absolute Gasteiger partial charge is 0.387 e. The van der Waals surface area contributed by atoms with E-state index in [4.69, 9.17) is 14.5 Å². The second-order valence-corrected chi connectivity index (χ2v) is 12.1. The molecule has 0 spiro atoms. The number of aliphatic hydroxyl groups excluding tert-OH is 2. The van der Waals surface area contributed by atoms with Crippen molar-refractivity contribution in [2.24, 2.45) is 0 Å². The zero-order valence-electron chi connectivity index (χ0n) is 18.2. The molecule has 204 valence electrons. The first kappa shape index (κ1) is 29.0. The Morgan fingerprint density at radius 1 is 1.11 bits per heavy atom. The Balaban J connectivity index is 1.88. The Kier molecular flexibility index (Phi) is 8.30. The van der Waals surface area contributed by atoms with Gasteiger partial charge in [0, 0.05) is 0 Å². The minimum Gasteiger partial charge on any atom is -0.387 e. The molecule has 1 aliphatic rings. The monoisotopic (exact) mass is 580 g/mol. The molecule has 0 aromatic carbocycles. The normalized spacial score (nSPS) is 28.2. The molecule has 0 amide bonds. The van der Waals surface area contributed by atoms with E-state index in [-0.39, 0.29) is 17.6 Å². The van der Waals surface area contributed by atoms with Crippen LogP contribution < -0.4 is 11.2 Å². The lowest BCUT2D eigenvalue weighted by Crippen LogP contribution is -2.45. The Morgan fingerprint density at radius 3 is 2.39 bits per heavy atom. The summed E-state index contributed by atoms with van der Waals surface area (Å²) in [6.07, 6.45) is -3.13. The summed E-state index contributed by atoms with van der Waals surface area (Å²) in [5.41, 5.74) is -3.95. The van der Waals surface area contributed by atoms with Crippen molar-refractivity contribution >= 4 is 34.6 Å². The summed E-state index contributed by atoms with van der Waals surface area (Å²) < 4.78 is 52.9. The van der Waals surface area contributed by atoms with Gasteiger partial charge in [0.05, 0.1) is 12.9 Å². The summed E-state index contributed by atoms with van der Waals surface area (Å²) in [6.45, 7) is 0.760. The average molecular weight is 580 g/mol. The molecule has 0 aliphatic carbocycles. The molecule has 22 heteroatoms. The predicted octanol–water partition coefficient (Wildman–Crippen LogP) is -1.28. The molecule has 1 fully saturated rings. The van der Waals surface area contributed by atoms with Crippen molar-refractivity contribution < 1.29 is 61.4 Å². The molecule has 0 bridgehead atoms. The maximum atomic E-state index is 12.1. The maximum Gasteiger partial charge on any atom is 0.490 e. The Hall–Kier alpha value is -1.56. The summed E-state index contributed by atoms with van der Waals surface area (Å²) in [5.74, 6) is 0. The number of imidazole rings is 1. The van der Waals surface area contributed by atoms with Crippen molar-refractivity contribution in [3.8, 4) is 0 Å². The third-order valence-corrected chi connectivity index (χ3v) is 8.88. The number of hydrogen-bond acceptors (Lipinski definition) is 12. The van der Waals surface area contributed by atoms with E-state index in [1.807, 2.05) is 4.98 Å². The topological polar surface area (TPSA) is 293 Å². The zero-order chi connectivity index (χ0) is 27.1. The quantitative estimate of drug-likeness (QED) is 0.144. The number of rotatable bonds is 11. The first-order valence-electron chi connectivity index (χ1n) is 10.0. The second kappa shape index (κ2) is 10.3. The lowest BCUT2D eigenvalue weighted by molar-refractivity contribution is -0.150. The Bertz CT molecular complexity index is 1370.